The number of aryl methyl sites for hydroxylation is 1. The molecular weight excluding hydrogens is 188 g/mol. The first kappa shape index (κ1) is 8.26. The van der Waals surface area contributed by atoms with E-state index in [2.05, 4.69) is 16.3 Å². The maximum Gasteiger partial charge on any atom is 0.247 e. The monoisotopic (exact) mass is 193 g/mol. The van der Waals surface area contributed by atoms with Gasteiger partial charge >= 0.3 is 0 Å². The minimum Gasteiger partial charge on any atom is -0.421 e. The van der Waals surface area contributed by atoms with Gasteiger partial charge in [-0.25, -0.2) is 0 Å². The molecule has 13 heavy (non-hydrogen) atoms. The Hall–Kier alpha value is -1.35. The molecular formula is C9H6ClN2O. The first-order valence-electron chi connectivity index (χ1n) is 3.73. The molecule has 65 valence electrons. The first-order chi connectivity index (χ1) is 6.25. The molecule has 0 aliphatic rings. The predicted molar refractivity (Wildman–Crippen MR) is 48.3 cm³/mol. The summed E-state index contributed by atoms with van der Waals surface area (Å²) < 4.78 is 5.23. The number of benzene rings is 1. The second-order valence-corrected chi connectivity index (χ2v) is 2.96. The van der Waals surface area contributed by atoms with E-state index in [9.17, 15) is 0 Å². The predicted octanol–water partition coefficient (Wildman–Crippen LogP) is 2.50. The van der Waals surface area contributed by atoms with Crippen molar-refractivity contribution in [1.82, 2.24) is 10.2 Å². The zero-order chi connectivity index (χ0) is 9.26. The molecule has 0 spiro atoms. The van der Waals surface area contributed by atoms with E-state index < -0.39 is 0 Å². The molecule has 2 aromatic rings. The van der Waals surface area contributed by atoms with Crippen molar-refractivity contribution < 1.29 is 4.42 Å². The van der Waals surface area contributed by atoms with Crippen LogP contribution in [0.3, 0.4) is 0 Å². The van der Waals surface area contributed by atoms with Crippen molar-refractivity contribution >= 4 is 11.6 Å². The van der Waals surface area contributed by atoms with Crippen LogP contribution in [0.5, 0.6) is 0 Å². The van der Waals surface area contributed by atoms with Gasteiger partial charge in [0.15, 0.2) is 0 Å². The lowest BCUT2D eigenvalue weighted by molar-refractivity contribution is 0.533. The van der Waals surface area contributed by atoms with Crippen LogP contribution in [0, 0.1) is 13.0 Å². The molecule has 0 aliphatic carbocycles. The van der Waals surface area contributed by atoms with Crippen molar-refractivity contribution in [2.75, 3.05) is 0 Å². The molecule has 0 aliphatic heterocycles. The van der Waals surface area contributed by atoms with Gasteiger partial charge in [-0.05, 0) is 12.1 Å². The molecule has 2 rings (SSSR count). The van der Waals surface area contributed by atoms with Crippen molar-refractivity contribution in [2.24, 2.45) is 0 Å². The molecule has 1 heterocycles. The van der Waals surface area contributed by atoms with Crippen LogP contribution in [-0.2, 0) is 0 Å². The third-order valence-electron chi connectivity index (χ3n) is 1.54. The van der Waals surface area contributed by atoms with Gasteiger partial charge in [0.05, 0.1) is 0 Å². The molecule has 4 heteroatoms. The molecule has 0 unspecified atom stereocenters. The van der Waals surface area contributed by atoms with E-state index in [1.54, 1.807) is 19.1 Å². The van der Waals surface area contributed by atoms with E-state index in [1.807, 2.05) is 6.07 Å². The molecule has 1 aromatic carbocycles. The highest BCUT2D eigenvalue weighted by Crippen LogP contribution is 2.20. The van der Waals surface area contributed by atoms with Crippen molar-refractivity contribution in [3.8, 4) is 11.5 Å². The molecule has 0 saturated heterocycles. The minimum atomic E-state index is 0.480. The van der Waals surface area contributed by atoms with Crippen molar-refractivity contribution in [1.29, 1.82) is 0 Å². The van der Waals surface area contributed by atoms with Crippen molar-refractivity contribution in [3.05, 3.63) is 35.2 Å². The van der Waals surface area contributed by atoms with Gasteiger partial charge < -0.3 is 4.42 Å². The van der Waals surface area contributed by atoms with E-state index >= 15 is 0 Å². The normalized spacial score (nSPS) is 10.3. The molecule has 1 radical (unpaired) electrons. The number of rotatable bonds is 1. The quantitative estimate of drug-likeness (QED) is 0.699. The van der Waals surface area contributed by atoms with Gasteiger partial charge in [-0.15, -0.1) is 10.2 Å². The molecule has 0 saturated carbocycles. The molecule has 0 bridgehead atoms. The Kier molecular flexibility index (Phi) is 2.02. The third kappa shape index (κ3) is 1.70. The summed E-state index contributed by atoms with van der Waals surface area (Å²) >= 11 is 5.76. The Morgan fingerprint density at radius 2 is 2.31 bits per heavy atom. The Balaban J connectivity index is 2.46. The van der Waals surface area contributed by atoms with Crippen LogP contribution in [0.15, 0.2) is 22.6 Å². The van der Waals surface area contributed by atoms with Crippen LogP contribution in [-0.4, -0.2) is 10.2 Å². The van der Waals surface area contributed by atoms with E-state index in [0.29, 0.717) is 16.8 Å². The summed E-state index contributed by atoms with van der Waals surface area (Å²) in [6.45, 7) is 1.74. The lowest BCUT2D eigenvalue weighted by Crippen LogP contribution is -1.77. The molecule has 0 N–H and O–H groups in total. The van der Waals surface area contributed by atoms with E-state index in [-0.39, 0.29) is 0 Å². The smallest absolute Gasteiger partial charge is 0.247 e. The molecule has 0 amide bonds. The molecule has 0 atom stereocenters. The largest absolute Gasteiger partial charge is 0.421 e. The Labute approximate surface area is 80.4 Å². The fraction of sp³-hybridized carbons (Fsp3) is 0.111. The maximum atomic E-state index is 5.76. The summed E-state index contributed by atoms with van der Waals surface area (Å²) in [5.74, 6) is 1.02. The fourth-order valence-electron chi connectivity index (χ4n) is 0.984. The topological polar surface area (TPSA) is 38.9 Å². The molecule has 3 nitrogen and oxygen atoms in total. The van der Waals surface area contributed by atoms with Crippen LogP contribution in [0.4, 0.5) is 0 Å². The molecule has 0 fully saturated rings. The number of hydrogen-bond acceptors (Lipinski definition) is 3. The standard InChI is InChI=1S/C9H6ClN2O/c1-6-11-12-9(13-6)7-3-2-4-8(10)5-7/h2-3,5H,1H3. The zero-order valence-electron chi connectivity index (χ0n) is 6.91. The lowest BCUT2D eigenvalue weighted by atomic mass is 10.2. The van der Waals surface area contributed by atoms with Crippen LogP contribution >= 0.6 is 11.6 Å². The highest BCUT2D eigenvalue weighted by atomic mass is 35.5. The summed E-state index contributed by atoms with van der Waals surface area (Å²) in [7, 11) is 0. The van der Waals surface area contributed by atoms with Gasteiger partial charge in [-0.2, -0.15) is 0 Å². The summed E-state index contributed by atoms with van der Waals surface area (Å²) in [6.07, 6.45) is 0. The summed E-state index contributed by atoms with van der Waals surface area (Å²) in [5.41, 5.74) is 0.810. The van der Waals surface area contributed by atoms with Crippen molar-refractivity contribution in [3.63, 3.8) is 0 Å². The third-order valence-corrected chi connectivity index (χ3v) is 1.76. The van der Waals surface area contributed by atoms with Crippen LogP contribution in [0.1, 0.15) is 5.89 Å². The van der Waals surface area contributed by atoms with Crippen LogP contribution in [0.2, 0.25) is 5.02 Å². The summed E-state index contributed by atoms with van der Waals surface area (Å²) in [6, 6.07) is 8.09. The van der Waals surface area contributed by atoms with Gasteiger partial charge in [-0.3, -0.25) is 0 Å². The highest BCUT2D eigenvalue weighted by molar-refractivity contribution is 6.30. The number of hydrogen-bond donors (Lipinski definition) is 0. The number of nitrogens with zero attached hydrogens (tertiary/aromatic N) is 2. The zero-order valence-corrected chi connectivity index (χ0v) is 7.67. The minimum absolute atomic E-state index is 0.480. The van der Waals surface area contributed by atoms with E-state index in [0.717, 1.165) is 5.56 Å². The Morgan fingerprint density at radius 3 is 2.92 bits per heavy atom. The SMILES string of the molecule is Cc1nnc(-c2cc[c]c(Cl)c2)o1. The Bertz CT molecular complexity index is 425. The fourth-order valence-corrected chi connectivity index (χ4v) is 1.16. The number of aromatic nitrogens is 2. The second-order valence-electron chi connectivity index (χ2n) is 2.55. The van der Waals surface area contributed by atoms with E-state index in [4.69, 9.17) is 16.0 Å². The first-order valence-corrected chi connectivity index (χ1v) is 4.11. The highest BCUT2D eigenvalue weighted by Gasteiger charge is 2.05. The molecule has 1 aromatic heterocycles. The van der Waals surface area contributed by atoms with Gasteiger partial charge in [-0.1, -0.05) is 17.7 Å². The summed E-state index contributed by atoms with van der Waals surface area (Å²) in [4.78, 5) is 0. The van der Waals surface area contributed by atoms with Crippen molar-refractivity contribution in [2.45, 2.75) is 6.92 Å². The summed E-state index contributed by atoms with van der Waals surface area (Å²) in [5, 5.41) is 8.13. The Morgan fingerprint density at radius 1 is 1.46 bits per heavy atom. The lowest BCUT2D eigenvalue weighted by Gasteiger charge is -1.93. The van der Waals surface area contributed by atoms with Crippen LogP contribution < -0.4 is 0 Å². The second kappa shape index (κ2) is 3.18. The van der Waals surface area contributed by atoms with Gasteiger partial charge in [0, 0.05) is 23.6 Å². The van der Waals surface area contributed by atoms with Gasteiger partial charge in [0.1, 0.15) is 0 Å². The average molecular weight is 194 g/mol. The maximum absolute atomic E-state index is 5.76. The average Bonchev–Trinajstić information content (AvgIpc) is 2.52. The van der Waals surface area contributed by atoms with E-state index in [1.165, 1.54) is 0 Å². The van der Waals surface area contributed by atoms with Gasteiger partial charge in [0.2, 0.25) is 11.8 Å². The number of halogens is 1. The van der Waals surface area contributed by atoms with Gasteiger partial charge in [0.25, 0.3) is 0 Å². The van der Waals surface area contributed by atoms with Crippen LogP contribution in [0.25, 0.3) is 11.5 Å².